The van der Waals surface area contributed by atoms with Crippen molar-refractivity contribution in [2.75, 3.05) is 20.1 Å². The molecule has 2 amide bonds. The molecule has 2 aliphatic rings. The van der Waals surface area contributed by atoms with E-state index in [0.717, 1.165) is 25.7 Å². The summed E-state index contributed by atoms with van der Waals surface area (Å²) in [5.41, 5.74) is 0.562. The normalized spacial score (nSPS) is 23.0. The van der Waals surface area contributed by atoms with Crippen molar-refractivity contribution >= 4 is 23.4 Å². The van der Waals surface area contributed by atoms with Crippen LogP contribution in [-0.4, -0.2) is 36.9 Å². The van der Waals surface area contributed by atoms with Crippen LogP contribution in [0.3, 0.4) is 0 Å². The summed E-state index contributed by atoms with van der Waals surface area (Å²) in [6.07, 6.45) is 4.36. The summed E-state index contributed by atoms with van der Waals surface area (Å²) in [5, 5.41) is 3.33. The number of carbonyl (C=O) groups excluding carboxylic acids is 2. The highest BCUT2D eigenvalue weighted by molar-refractivity contribution is 6.30. The van der Waals surface area contributed by atoms with Crippen LogP contribution in [0.2, 0.25) is 5.02 Å². The maximum atomic E-state index is 12.7. The predicted octanol–water partition coefficient (Wildman–Crippen LogP) is 2.72. The van der Waals surface area contributed by atoms with Gasteiger partial charge in [0.05, 0.1) is 5.92 Å². The maximum absolute atomic E-state index is 12.7. The zero-order valence-corrected chi connectivity index (χ0v) is 13.5. The van der Waals surface area contributed by atoms with Crippen LogP contribution in [0.5, 0.6) is 0 Å². The van der Waals surface area contributed by atoms with Gasteiger partial charge in [0.1, 0.15) is 0 Å². The monoisotopic (exact) mass is 320 g/mol. The summed E-state index contributed by atoms with van der Waals surface area (Å²) >= 11 is 5.98. The topological polar surface area (TPSA) is 49.4 Å². The molecular formula is C17H21ClN2O2. The van der Waals surface area contributed by atoms with Crippen molar-refractivity contribution in [3.8, 4) is 0 Å². The fraction of sp³-hybridized carbons (Fsp3) is 0.529. The van der Waals surface area contributed by atoms with Crippen LogP contribution < -0.4 is 5.32 Å². The van der Waals surface area contributed by atoms with Crippen molar-refractivity contribution in [1.29, 1.82) is 0 Å². The van der Waals surface area contributed by atoms with Gasteiger partial charge >= 0.3 is 0 Å². The number of nitrogens with one attached hydrogen (secondary N) is 1. The number of halogens is 1. The van der Waals surface area contributed by atoms with E-state index in [1.54, 1.807) is 31.3 Å². The van der Waals surface area contributed by atoms with E-state index in [1.807, 2.05) is 4.90 Å². The van der Waals surface area contributed by atoms with Crippen LogP contribution in [0.4, 0.5) is 0 Å². The minimum Gasteiger partial charge on any atom is -0.359 e. The van der Waals surface area contributed by atoms with Gasteiger partial charge in [0.25, 0.3) is 5.91 Å². The molecule has 1 spiro atoms. The van der Waals surface area contributed by atoms with Gasteiger partial charge in [-0.2, -0.15) is 0 Å². The summed E-state index contributed by atoms with van der Waals surface area (Å²) in [4.78, 5) is 26.8. The maximum Gasteiger partial charge on any atom is 0.253 e. The van der Waals surface area contributed by atoms with Gasteiger partial charge in [-0.3, -0.25) is 9.59 Å². The third-order valence-corrected chi connectivity index (χ3v) is 5.40. The minimum atomic E-state index is -0.0943. The summed E-state index contributed by atoms with van der Waals surface area (Å²) < 4.78 is 0. The molecule has 1 atom stereocenters. The summed E-state index contributed by atoms with van der Waals surface area (Å²) in [7, 11) is 1.67. The molecule has 3 rings (SSSR count). The number of benzene rings is 1. The van der Waals surface area contributed by atoms with E-state index in [9.17, 15) is 9.59 Å². The Balaban J connectivity index is 1.84. The lowest BCUT2D eigenvalue weighted by Gasteiger charge is -2.28. The number of carbonyl (C=O) groups is 2. The first kappa shape index (κ1) is 15.3. The van der Waals surface area contributed by atoms with E-state index in [0.29, 0.717) is 23.7 Å². The Labute approximate surface area is 135 Å². The average Bonchev–Trinajstić information content (AvgIpc) is 3.14. The second-order valence-corrected chi connectivity index (χ2v) is 6.87. The molecule has 1 aromatic rings. The minimum absolute atomic E-state index is 0.0276. The number of amides is 2. The number of rotatable bonds is 2. The van der Waals surface area contributed by atoms with Gasteiger partial charge in [0, 0.05) is 36.1 Å². The van der Waals surface area contributed by atoms with E-state index in [-0.39, 0.29) is 23.1 Å². The third-order valence-electron chi connectivity index (χ3n) is 5.17. The molecule has 1 aliphatic carbocycles. The Morgan fingerprint density at radius 1 is 1.32 bits per heavy atom. The van der Waals surface area contributed by atoms with Gasteiger partial charge in [-0.25, -0.2) is 0 Å². The van der Waals surface area contributed by atoms with Crippen LogP contribution in [0.15, 0.2) is 24.3 Å². The number of nitrogens with zero attached hydrogens (tertiary/aromatic N) is 1. The molecule has 0 bridgehead atoms. The largest absolute Gasteiger partial charge is 0.359 e. The highest BCUT2D eigenvalue weighted by atomic mass is 35.5. The summed E-state index contributed by atoms with van der Waals surface area (Å²) in [5.74, 6) is -0.0633. The van der Waals surface area contributed by atoms with E-state index in [4.69, 9.17) is 11.6 Å². The smallest absolute Gasteiger partial charge is 0.253 e. The Hall–Kier alpha value is -1.55. The molecule has 22 heavy (non-hydrogen) atoms. The van der Waals surface area contributed by atoms with Crippen molar-refractivity contribution in [2.45, 2.75) is 25.7 Å². The van der Waals surface area contributed by atoms with Crippen molar-refractivity contribution in [3.63, 3.8) is 0 Å². The van der Waals surface area contributed by atoms with Gasteiger partial charge in [-0.05, 0) is 31.0 Å². The number of likely N-dealkylation sites (tertiary alicyclic amines) is 1. The first-order valence-corrected chi connectivity index (χ1v) is 8.20. The third kappa shape index (κ3) is 2.60. The second-order valence-electron chi connectivity index (χ2n) is 6.43. The molecule has 5 heteroatoms. The van der Waals surface area contributed by atoms with Gasteiger partial charge in [-0.15, -0.1) is 0 Å². The first-order valence-electron chi connectivity index (χ1n) is 7.82. The lowest BCUT2D eigenvalue weighted by molar-refractivity contribution is -0.127. The SMILES string of the molecule is CNC(=O)C1CN(C(=O)c2cccc(Cl)c2)CC12CCCC2. The van der Waals surface area contributed by atoms with E-state index < -0.39 is 0 Å². The van der Waals surface area contributed by atoms with Crippen LogP contribution in [0.25, 0.3) is 0 Å². The molecule has 1 N–H and O–H groups in total. The Morgan fingerprint density at radius 2 is 2.05 bits per heavy atom. The van der Waals surface area contributed by atoms with Gasteiger partial charge < -0.3 is 10.2 Å². The molecule has 1 heterocycles. The zero-order valence-electron chi connectivity index (χ0n) is 12.8. The van der Waals surface area contributed by atoms with Gasteiger partial charge in [0.2, 0.25) is 5.91 Å². The number of hydrogen-bond acceptors (Lipinski definition) is 2. The summed E-state index contributed by atoms with van der Waals surface area (Å²) in [6.45, 7) is 1.18. The van der Waals surface area contributed by atoms with Gasteiger partial charge in [0.15, 0.2) is 0 Å². The Bertz CT molecular complexity index is 596. The molecule has 1 aromatic carbocycles. The molecule has 0 aromatic heterocycles. The fourth-order valence-electron chi connectivity index (χ4n) is 4.05. The van der Waals surface area contributed by atoms with Crippen molar-refractivity contribution in [1.82, 2.24) is 10.2 Å². The predicted molar refractivity (Wildman–Crippen MR) is 85.8 cm³/mol. The van der Waals surface area contributed by atoms with Crippen molar-refractivity contribution in [3.05, 3.63) is 34.9 Å². The molecule has 1 saturated carbocycles. The summed E-state index contributed by atoms with van der Waals surface area (Å²) in [6, 6.07) is 7.02. The first-order chi connectivity index (χ1) is 10.6. The van der Waals surface area contributed by atoms with Crippen LogP contribution in [0.1, 0.15) is 36.0 Å². The second kappa shape index (κ2) is 5.92. The van der Waals surface area contributed by atoms with E-state index >= 15 is 0 Å². The lowest BCUT2D eigenvalue weighted by Crippen LogP contribution is -2.38. The molecule has 2 fully saturated rings. The molecule has 0 radical (unpaired) electrons. The van der Waals surface area contributed by atoms with Gasteiger partial charge in [-0.1, -0.05) is 30.5 Å². The van der Waals surface area contributed by atoms with E-state index in [2.05, 4.69) is 5.32 Å². The van der Waals surface area contributed by atoms with Crippen LogP contribution in [-0.2, 0) is 4.79 Å². The molecular weight excluding hydrogens is 300 g/mol. The van der Waals surface area contributed by atoms with Crippen molar-refractivity contribution in [2.24, 2.45) is 11.3 Å². The quantitative estimate of drug-likeness (QED) is 0.911. The van der Waals surface area contributed by atoms with E-state index in [1.165, 1.54) is 0 Å². The highest BCUT2D eigenvalue weighted by Crippen LogP contribution is 2.49. The lowest BCUT2D eigenvalue weighted by atomic mass is 9.76. The van der Waals surface area contributed by atoms with Crippen LogP contribution >= 0.6 is 11.6 Å². The Kier molecular flexibility index (Phi) is 4.13. The standard InChI is InChI=1S/C17H21ClN2O2/c1-19-15(21)14-10-20(11-17(14)7-2-3-8-17)16(22)12-5-4-6-13(18)9-12/h4-6,9,14H,2-3,7-8,10-11H2,1H3,(H,19,21). The van der Waals surface area contributed by atoms with Crippen molar-refractivity contribution < 1.29 is 9.59 Å². The average molecular weight is 321 g/mol. The molecule has 1 unspecified atom stereocenters. The molecule has 118 valence electrons. The van der Waals surface area contributed by atoms with Crippen LogP contribution in [0, 0.1) is 11.3 Å². The molecule has 1 saturated heterocycles. The number of hydrogen-bond donors (Lipinski definition) is 1. The Morgan fingerprint density at radius 3 is 2.68 bits per heavy atom. The fourth-order valence-corrected chi connectivity index (χ4v) is 4.24. The molecule has 4 nitrogen and oxygen atoms in total. The highest BCUT2D eigenvalue weighted by Gasteiger charge is 2.52. The molecule has 1 aliphatic heterocycles. The zero-order chi connectivity index (χ0) is 15.7.